The second-order valence-corrected chi connectivity index (χ2v) is 5.34. The van der Waals surface area contributed by atoms with E-state index in [0.29, 0.717) is 17.0 Å². The molecule has 0 aliphatic carbocycles. The second-order valence-electron chi connectivity index (χ2n) is 4.91. The summed E-state index contributed by atoms with van der Waals surface area (Å²) in [5.74, 6) is -0.242. The first-order valence-electron chi connectivity index (χ1n) is 6.84. The molecule has 1 N–H and O–H groups in total. The molecule has 0 aliphatic heterocycles. The molecule has 0 radical (unpaired) electrons. The molecule has 1 nitrogen and oxygen atoms in total. The second kappa shape index (κ2) is 6.87. The first-order valence-corrected chi connectivity index (χ1v) is 7.22. The van der Waals surface area contributed by atoms with Crippen LogP contribution in [0, 0.1) is 12.7 Å². The molecule has 1 atom stereocenters. The Kier molecular flexibility index (Phi) is 5.16. The van der Waals surface area contributed by atoms with Crippen molar-refractivity contribution >= 4 is 11.6 Å². The Hall–Kier alpha value is -1.38. The Bertz CT molecular complexity index is 583. The van der Waals surface area contributed by atoms with Crippen molar-refractivity contribution in [3.05, 3.63) is 70.0 Å². The minimum absolute atomic E-state index is 0.108. The van der Waals surface area contributed by atoms with Crippen molar-refractivity contribution in [1.29, 1.82) is 0 Å². The van der Waals surface area contributed by atoms with Gasteiger partial charge in [0.25, 0.3) is 0 Å². The highest BCUT2D eigenvalue weighted by molar-refractivity contribution is 6.30. The number of rotatable bonds is 5. The summed E-state index contributed by atoms with van der Waals surface area (Å²) in [6.07, 6.45) is 0.613. The van der Waals surface area contributed by atoms with Gasteiger partial charge < -0.3 is 5.32 Å². The molecule has 0 saturated heterocycles. The Morgan fingerprint density at radius 2 is 1.95 bits per heavy atom. The van der Waals surface area contributed by atoms with Crippen molar-refractivity contribution in [3.63, 3.8) is 0 Å². The van der Waals surface area contributed by atoms with Gasteiger partial charge in [0.15, 0.2) is 0 Å². The monoisotopic (exact) mass is 291 g/mol. The molecule has 0 bridgehead atoms. The van der Waals surface area contributed by atoms with E-state index in [9.17, 15) is 4.39 Å². The molecule has 0 aliphatic rings. The average Bonchev–Trinajstić information content (AvgIpc) is 2.42. The highest BCUT2D eigenvalue weighted by Crippen LogP contribution is 2.24. The Balaban J connectivity index is 2.28. The number of halogens is 2. The molecule has 0 fully saturated rings. The lowest BCUT2D eigenvalue weighted by Gasteiger charge is -2.21. The van der Waals surface area contributed by atoms with Gasteiger partial charge in [0.2, 0.25) is 0 Å². The fraction of sp³-hybridized carbons (Fsp3) is 0.294. The summed E-state index contributed by atoms with van der Waals surface area (Å²) in [4.78, 5) is 0. The van der Waals surface area contributed by atoms with Crippen LogP contribution in [0.2, 0.25) is 5.02 Å². The molecule has 0 aromatic heterocycles. The zero-order chi connectivity index (χ0) is 14.5. The molecule has 3 heteroatoms. The smallest absolute Gasteiger partial charge is 0.127 e. The lowest BCUT2D eigenvalue weighted by molar-refractivity contribution is 0.526. The van der Waals surface area contributed by atoms with E-state index in [4.69, 9.17) is 11.6 Å². The summed E-state index contributed by atoms with van der Waals surface area (Å²) in [7, 11) is 0. The first kappa shape index (κ1) is 15.0. The van der Waals surface area contributed by atoms with Crippen molar-refractivity contribution < 1.29 is 4.39 Å². The van der Waals surface area contributed by atoms with E-state index in [1.807, 2.05) is 12.1 Å². The number of nitrogens with one attached hydrogen (secondary N) is 1. The lowest BCUT2D eigenvalue weighted by atomic mass is 9.95. The summed E-state index contributed by atoms with van der Waals surface area (Å²) in [5, 5.41) is 3.86. The lowest BCUT2D eigenvalue weighted by Crippen LogP contribution is -2.24. The quantitative estimate of drug-likeness (QED) is 0.843. The molecule has 0 spiro atoms. The third-order valence-corrected chi connectivity index (χ3v) is 3.69. The number of benzene rings is 2. The Morgan fingerprint density at radius 3 is 2.60 bits per heavy atom. The molecule has 2 aromatic rings. The van der Waals surface area contributed by atoms with Crippen LogP contribution in [-0.4, -0.2) is 6.54 Å². The molecular weight excluding hydrogens is 273 g/mol. The first-order chi connectivity index (χ1) is 9.61. The van der Waals surface area contributed by atoms with Gasteiger partial charge >= 0.3 is 0 Å². The van der Waals surface area contributed by atoms with Crippen LogP contribution in [0.15, 0.2) is 42.5 Å². The van der Waals surface area contributed by atoms with Gasteiger partial charge in [-0.2, -0.15) is 0 Å². The van der Waals surface area contributed by atoms with Gasteiger partial charge in [-0.1, -0.05) is 48.9 Å². The maximum atomic E-state index is 14.0. The van der Waals surface area contributed by atoms with Crippen LogP contribution in [0.25, 0.3) is 0 Å². The van der Waals surface area contributed by atoms with E-state index in [0.717, 1.165) is 6.54 Å². The number of aryl methyl sites for hydroxylation is 1. The number of likely N-dealkylation sites (N-methyl/N-ethyl adjacent to an activating group) is 1. The van der Waals surface area contributed by atoms with E-state index in [2.05, 4.69) is 31.3 Å². The minimum Gasteiger partial charge on any atom is -0.310 e. The summed E-state index contributed by atoms with van der Waals surface area (Å²) < 4.78 is 14.0. The molecule has 20 heavy (non-hydrogen) atoms. The van der Waals surface area contributed by atoms with Gasteiger partial charge in [0.1, 0.15) is 5.82 Å². The summed E-state index contributed by atoms with van der Waals surface area (Å²) >= 11 is 5.80. The average molecular weight is 292 g/mol. The molecular formula is C17H19ClFN. The zero-order valence-corrected chi connectivity index (χ0v) is 12.5. The summed E-state index contributed by atoms with van der Waals surface area (Å²) in [6.45, 7) is 4.98. The van der Waals surface area contributed by atoms with Crippen LogP contribution in [0.1, 0.15) is 29.7 Å². The normalized spacial score (nSPS) is 12.4. The van der Waals surface area contributed by atoms with E-state index in [1.54, 1.807) is 12.1 Å². The predicted molar refractivity (Wildman–Crippen MR) is 82.7 cm³/mol. The van der Waals surface area contributed by atoms with Crippen LogP contribution in [-0.2, 0) is 6.42 Å². The largest absolute Gasteiger partial charge is 0.310 e. The highest BCUT2D eigenvalue weighted by Gasteiger charge is 2.15. The summed E-state index contributed by atoms with van der Waals surface area (Å²) in [5.41, 5.74) is 3.11. The number of hydrogen-bond donors (Lipinski definition) is 1. The van der Waals surface area contributed by atoms with Crippen LogP contribution in [0.3, 0.4) is 0 Å². The highest BCUT2D eigenvalue weighted by atomic mass is 35.5. The van der Waals surface area contributed by atoms with Crippen molar-refractivity contribution in [1.82, 2.24) is 5.32 Å². The Morgan fingerprint density at radius 1 is 1.20 bits per heavy atom. The van der Waals surface area contributed by atoms with Crippen molar-refractivity contribution in [2.24, 2.45) is 0 Å². The maximum Gasteiger partial charge on any atom is 0.127 e. The van der Waals surface area contributed by atoms with Gasteiger partial charge in [-0.3, -0.25) is 0 Å². The fourth-order valence-electron chi connectivity index (χ4n) is 2.42. The molecule has 2 rings (SSSR count). The van der Waals surface area contributed by atoms with Crippen molar-refractivity contribution in [2.75, 3.05) is 6.54 Å². The third kappa shape index (κ3) is 3.59. The van der Waals surface area contributed by atoms with Crippen molar-refractivity contribution in [2.45, 2.75) is 26.3 Å². The van der Waals surface area contributed by atoms with Gasteiger partial charge in [0, 0.05) is 11.1 Å². The van der Waals surface area contributed by atoms with E-state index in [-0.39, 0.29) is 11.9 Å². The maximum absolute atomic E-state index is 14.0. The Labute approximate surface area is 124 Å². The van der Waals surface area contributed by atoms with E-state index in [1.165, 1.54) is 17.2 Å². The SMILES string of the molecule is CCNC(Cc1ccc(Cl)cc1F)c1ccccc1C. The molecule has 0 saturated carbocycles. The molecule has 1 unspecified atom stereocenters. The summed E-state index contributed by atoms with van der Waals surface area (Å²) in [6, 6.07) is 13.2. The van der Waals surface area contributed by atoms with Crippen molar-refractivity contribution in [3.8, 4) is 0 Å². The topological polar surface area (TPSA) is 12.0 Å². The van der Waals surface area contributed by atoms with Gasteiger partial charge in [-0.05, 0) is 48.7 Å². The van der Waals surface area contributed by atoms with Crippen LogP contribution in [0.5, 0.6) is 0 Å². The third-order valence-electron chi connectivity index (χ3n) is 3.45. The predicted octanol–water partition coefficient (Wildman–Crippen LogP) is 4.68. The fourth-order valence-corrected chi connectivity index (χ4v) is 2.58. The van der Waals surface area contributed by atoms with Crippen LogP contribution < -0.4 is 5.32 Å². The van der Waals surface area contributed by atoms with E-state index >= 15 is 0 Å². The molecule has 2 aromatic carbocycles. The molecule has 0 amide bonds. The molecule has 0 heterocycles. The van der Waals surface area contributed by atoms with E-state index < -0.39 is 0 Å². The minimum atomic E-state index is -0.242. The van der Waals surface area contributed by atoms with Gasteiger partial charge in [0.05, 0.1) is 0 Å². The molecule has 106 valence electrons. The van der Waals surface area contributed by atoms with Gasteiger partial charge in [-0.25, -0.2) is 4.39 Å². The van der Waals surface area contributed by atoms with Crippen LogP contribution in [0.4, 0.5) is 4.39 Å². The zero-order valence-electron chi connectivity index (χ0n) is 11.8. The van der Waals surface area contributed by atoms with Crippen LogP contribution >= 0.6 is 11.6 Å². The number of hydrogen-bond acceptors (Lipinski definition) is 1. The van der Waals surface area contributed by atoms with Gasteiger partial charge in [-0.15, -0.1) is 0 Å². The standard InChI is InChI=1S/C17H19ClFN/c1-3-20-17(15-7-5-4-6-12(15)2)10-13-8-9-14(18)11-16(13)19/h4-9,11,17,20H,3,10H2,1-2H3.